The van der Waals surface area contributed by atoms with Crippen LogP contribution in [0, 0.1) is 12.7 Å². The minimum atomic E-state index is -1.44. The Bertz CT molecular complexity index is 1120. The van der Waals surface area contributed by atoms with Crippen molar-refractivity contribution in [2.45, 2.75) is 31.5 Å². The average Bonchev–Trinajstić information content (AvgIpc) is 3.13. The summed E-state index contributed by atoms with van der Waals surface area (Å²) in [6, 6.07) is 18.7. The Balaban J connectivity index is 1.30. The van der Waals surface area contributed by atoms with Crippen molar-refractivity contribution in [1.82, 2.24) is 5.32 Å². The second-order valence-corrected chi connectivity index (χ2v) is 8.28. The molecule has 2 atom stereocenters. The molecule has 172 valence electrons. The van der Waals surface area contributed by atoms with Gasteiger partial charge in [-0.1, -0.05) is 48.5 Å². The lowest BCUT2D eigenvalue weighted by Crippen LogP contribution is -2.31. The maximum atomic E-state index is 14.1. The molecule has 0 saturated heterocycles. The third-order valence-electron chi connectivity index (χ3n) is 6.12. The van der Waals surface area contributed by atoms with E-state index in [4.69, 9.17) is 10.5 Å². The van der Waals surface area contributed by atoms with Gasteiger partial charge >= 0.3 is 6.09 Å². The highest BCUT2D eigenvalue weighted by Crippen LogP contribution is 2.44. The highest BCUT2D eigenvalue weighted by molar-refractivity contribution is 5.79. The molecule has 2 unspecified atom stereocenters. The van der Waals surface area contributed by atoms with Crippen molar-refractivity contribution in [3.8, 4) is 11.1 Å². The number of aryl methyl sites for hydroxylation is 1. The zero-order valence-electron chi connectivity index (χ0n) is 18.3. The van der Waals surface area contributed by atoms with Crippen molar-refractivity contribution >= 4 is 11.8 Å². The Labute approximate surface area is 191 Å². The number of carbonyl (C=O) groups excluding carboxylic acids is 1. The number of nitrogens with two attached hydrogens (primary N) is 1. The monoisotopic (exact) mass is 450 g/mol. The normalized spacial score (nSPS) is 14.3. The lowest BCUT2D eigenvalue weighted by molar-refractivity contribution is 0.0116. The number of nitrogen functional groups attached to an aromatic ring is 1. The number of hydrogen-bond acceptors (Lipinski definition) is 5. The second-order valence-electron chi connectivity index (χ2n) is 8.28. The van der Waals surface area contributed by atoms with Crippen molar-refractivity contribution in [3.05, 3.63) is 88.7 Å². The van der Waals surface area contributed by atoms with E-state index in [1.165, 1.54) is 6.07 Å². The summed E-state index contributed by atoms with van der Waals surface area (Å²) < 4.78 is 19.6. The molecule has 3 aromatic carbocycles. The summed E-state index contributed by atoms with van der Waals surface area (Å²) in [5.41, 5.74) is 11.0. The van der Waals surface area contributed by atoms with Crippen LogP contribution in [0.15, 0.2) is 60.7 Å². The summed E-state index contributed by atoms with van der Waals surface area (Å²) >= 11 is 0. The van der Waals surface area contributed by atoms with E-state index in [0.29, 0.717) is 5.56 Å². The molecule has 0 aliphatic heterocycles. The summed E-state index contributed by atoms with van der Waals surface area (Å²) in [6.45, 7) is 1.93. The number of nitrogens with one attached hydrogen (secondary N) is 1. The number of carbonyl (C=O) groups is 1. The molecule has 1 aliphatic rings. The number of alkyl carbamates (subject to hydrolysis) is 1. The molecular formula is C26H27FN2O4. The van der Waals surface area contributed by atoms with Crippen molar-refractivity contribution < 1.29 is 24.1 Å². The number of rotatable bonds is 7. The van der Waals surface area contributed by atoms with Crippen molar-refractivity contribution in [3.63, 3.8) is 0 Å². The van der Waals surface area contributed by atoms with Gasteiger partial charge in [-0.25, -0.2) is 9.18 Å². The van der Waals surface area contributed by atoms with E-state index < -0.39 is 24.1 Å². The zero-order chi connectivity index (χ0) is 23.5. The number of anilines is 1. The average molecular weight is 451 g/mol. The van der Waals surface area contributed by atoms with Crippen LogP contribution in [0.2, 0.25) is 0 Å². The van der Waals surface area contributed by atoms with E-state index in [0.717, 1.165) is 28.3 Å². The molecule has 0 saturated carbocycles. The van der Waals surface area contributed by atoms with Crippen molar-refractivity contribution in [1.29, 1.82) is 0 Å². The molecule has 1 aliphatic carbocycles. The Morgan fingerprint density at radius 1 is 1.09 bits per heavy atom. The fourth-order valence-corrected chi connectivity index (χ4v) is 4.28. The van der Waals surface area contributed by atoms with E-state index in [2.05, 4.69) is 17.4 Å². The van der Waals surface area contributed by atoms with Crippen LogP contribution >= 0.6 is 0 Å². The predicted molar refractivity (Wildman–Crippen MR) is 124 cm³/mol. The quantitative estimate of drug-likeness (QED) is 0.407. The zero-order valence-corrected chi connectivity index (χ0v) is 18.3. The third kappa shape index (κ3) is 4.69. The minimum absolute atomic E-state index is 0.0220. The fourth-order valence-electron chi connectivity index (χ4n) is 4.28. The Morgan fingerprint density at radius 3 is 2.33 bits per heavy atom. The van der Waals surface area contributed by atoms with Gasteiger partial charge in [0, 0.05) is 23.7 Å². The number of aliphatic hydroxyl groups is 2. The van der Waals surface area contributed by atoms with Gasteiger partial charge in [0.2, 0.25) is 0 Å². The van der Waals surface area contributed by atoms with Gasteiger partial charge in [0.25, 0.3) is 0 Å². The van der Waals surface area contributed by atoms with Crippen LogP contribution < -0.4 is 11.1 Å². The minimum Gasteiger partial charge on any atom is -0.449 e. The van der Waals surface area contributed by atoms with Gasteiger partial charge in [-0.15, -0.1) is 0 Å². The van der Waals surface area contributed by atoms with Gasteiger partial charge in [0.05, 0.1) is 6.10 Å². The first kappa shape index (κ1) is 22.8. The summed E-state index contributed by atoms with van der Waals surface area (Å²) in [5, 5.41) is 23.1. The van der Waals surface area contributed by atoms with Crippen LogP contribution in [-0.2, 0) is 4.74 Å². The SMILES string of the molecule is Cc1cc(C(O)C(O)CCNC(=O)OCC2c3ccccc3-c3ccccc32)c(F)cc1N. The summed E-state index contributed by atoms with van der Waals surface area (Å²) in [6.07, 6.45) is -3.30. The van der Waals surface area contributed by atoms with Crippen LogP contribution in [0.25, 0.3) is 11.1 Å². The Hall–Kier alpha value is -3.42. The number of halogens is 1. The molecule has 6 nitrogen and oxygen atoms in total. The molecule has 0 fully saturated rings. The van der Waals surface area contributed by atoms with Crippen LogP contribution in [0.5, 0.6) is 0 Å². The molecule has 0 radical (unpaired) electrons. The molecule has 0 heterocycles. The molecule has 5 N–H and O–H groups in total. The molecule has 4 rings (SSSR count). The van der Waals surface area contributed by atoms with Gasteiger partial charge < -0.3 is 26.0 Å². The van der Waals surface area contributed by atoms with Crippen molar-refractivity contribution in [2.24, 2.45) is 0 Å². The van der Waals surface area contributed by atoms with Gasteiger partial charge in [-0.3, -0.25) is 0 Å². The summed E-state index contributed by atoms with van der Waals surface area (Å²) in [4.78, 5) is 12.2. The highest BCUT2D eigenvalue weighted by Gasteiger charge is 2.29. The van der Waals surface area contributed by atoms with E-state index in [9.17, 15) is 19.4 Å². The first-order valence-electron chi connectivity index (χ1n) is 10.9. The third-order valence-corrected chi connectivity index (χ3v) is 6.12. The van der Waals surface area contributed by atoms with E-state index in [1.54, 1.807) is 6.92 Å². The Kier molecular flexibility index (Phi) is 6.62. The number of amides is 1. The number of ether oxygens (including phenoxy) is 1. The number of fused-ring (bicyclic) bond motifs is 3. The predicted octanol–water partition coefficient (Wildman–Crippen LogP) is 4.04. The lowest BCUT2D eigenvalue weighted by Gasteiger charge is -2.20. The fraction of sp³-hybridized carbons (Fsp3) is 0.269. The largest absolute Gasteiger partial charge is 0.449 e. The molecular weight excluding hydrogens is 423 g/mol. The first-order valence-corrected chi connectivity index (χ1v) is 10.9. The Morgan fingerprint density at radius 2 is 1.70 bits per heavy atom. The van der Waals surface area contributed by atoms with Crippen LogP contribution in [0.1, 0.15) is 40.7 Å². The molecule has 33 heavy (non-hydrogen) atoms. The lowest BCUT2D eigenvalue weighted by atomic mass is 9.98. The van der Waals surface area contributed by atoms with Crippen LogP contribution in [0.4, 0.5) is 14.9 Å². The van der Waals surface area contributed by atoms with Crippen LogP contribution in [0.3, 0.4) is 0 Å². The van der Waals surface area contributed by atoms with Gasteiger partial charge in [0.15, 0.2) is 0 Å². The molecule has 3 aromatic rings. The van der Waals surface area contributed by atoms with Gasteiger partial charge in [-0.05, 0) is 53.3 Å². The van der Waals surface area contributed by atoms with Crippen molar-refractivity contribution in [2.75, 3.05) is 18.9 Å². The second kappa shape index (κ2) is 9.60. The van der Waals surface area contributed by atoms with Crippen LogP contribution in [-0.4, -0.2) is 35.6 Å². The van der Waals surface area contributed by atoms with E-state index in [-0.39, 0.29) is 36.7 Å². The number of hydrogen-bond donors (Lipinski definition) is 4. The topological polar surface area (TPSA) is 105 Å². The highest BCUT2D eigenvalue weighted by atomic mass is 19.1. The van der Waals surface area contributed by atoms with Gasteiger partial charge in [-0.2, -0.15) is 0 Å². The maximum absolute atomic E-state index is 14.1. The summed E-state index contributed by atoms with van der Waals surface area (Å²) in [5.74, 6) is -0.735. The standard InChI is InChI=1S/C26H27FN2O4/c1-15-12-20(22(27)13-23(15)28)25(31)24(30)10-11-29-26(32)33-14-21-18-8-4-2-6-16(18)17-7-3-5-9-19(17)21/h2-9,12-13,21,24-25,30-31H,10-11,14,28H2,1H3,(H,29,32). The number of aliphatic hydroxyl groups excluding tert-OH is 2. The molecule has 7 heteroatoms. The number of benzene rings is 3. The smallest absolute Gasteiger partial charge is 0.407 e. The van der Waals surface area contributed by atoms with Gasteiger partial charge in [0.1, 0.15) is 18.5 Å². The molecule has 1 amide bonds. The van der Waals surface area contributed by atoms with E-state index in [1.807, 2.05) is 36.4 Å². The first-order chi connectivity index (χ1) is 15.9. The summed E-state index contributed by atoms with van der Waals surface area (Å²) in [7, 11) is 0. The maximum Gasteiger partial charge on any atom is 0.407 e. The van der Waals surface area contributed by atoms with E-state index >= 15 is 0 Å². The molecule has 0 spiro atoms. The molecule has 0 aromatic heterocycles. The molecule has 0 bridgehead atoms.